The van der Waals surface area contributed by atoms with E-state index < -0.39 is 8.87 Å². The highest BCUT2D eigenvalue weighted by Crippen LogP contribution is 2.17. The van der Waals surface area contributed by atoms with Gasteiger partial charge in [-0.05, 0) is 21.9 Å². The predicted molar refractivity (Wildman–Crippen MR) is 58.5 cm³/mol. The Hall–Kier alpha value is -0.520. The molecule has 0 radical (unpaired) electrons. The lowest BCUT2D eigenvalue weighted by atomic mass is 10.2. The summed E-state index contributed by atoms with van der Waals surface area (Å²) in [5.41, 5.74) is 1.77. The molecule has 14 heavy (non-hydrogen) atoms. The lowest BCUT2D eigenvalue weighted by molar-refractivity contribution is 0.282. The van der Waals surface area contributed by atoms with Crippen LogP contribution < -0.4 is 0 Å². The maximum absolute atomic E-state index is 10.9. The molecule has 0 bridgehead atoms. The van der Waals surface area contributed by atoms with Crippen LogP contribution in [-0.4, -0.2) is 19.8 Å². The predicted octanol–water partition coefficient (Wildman–Crippen LogP) is 1.37. The van der Waals surface area contributed by atoms with Gasteiger partial charge in [-0.2, -0.15) is 0 Å². The van der Waals surface area contributed by atoms with Crippen molar-refractivity contribution in [2.24, 2.45) is 0 Å². The fourth-order valence-electron chi connectivity index (χ4n) is 0.916. The smallest absolute Gasteiger partial charge is 0.199 e. The molecule has 0 unspecified atom stereocenters. The number of hydrogen-bond donors (Lipinski definition) is 1. The molecule has 78 valence electrons. The average molecular weight is 232 g/mol. The van der Waals surface area contributed by atoms with Crippen molar-refractivity contribution >= 4 is 19.7 Å². The molecule has 0 saturated heterocycles. The average Bonchev–Trinajstić information content (AvgIpc) is 2.14. The SMILES string of the molecule is CS(=O)(=O)SCc1ccc(CO)cc1. The third kappa shape index (κ3) is 4.13. The molecule has 1 rings (SSSR count). The molecule has 0 aliphatic carbocycles. The first-order valence-corrected chi connectivity index (χ1v) is 7.44. The highest BCUT2D eigenvalue weighted by Gasteiger charge is 2.03. The maximum atomic E-state index is 10.9. The summed E-state index contributed by atoms with van der Waals surface area (Å²) in [5, 5.41) is 8.79. The molecule has 1 aromatic carbocycles. The van der Waals surface area contributed by atoms with E-state index in [-0.39, 0.29) is 6.61 Å². The van der Waals surface area contributed by atoms with Gasteiger partial charge in [-0.25, -0.2) is 8.42 Å². The molecule has 0 aromatic heterocycles. The van der Waals surface area contributed by atoms with Crippen LogP contribution in [0.2, 0.25) is 0 Å². The summed E-state index contributed by atoms with van der Waals surface area (Å²) in [6.07, 6.45) is 1.19. The first-order valence-electron chi connectivity index (χ1n) is 4.04. The molecule has 1 aromatic rings. The van der Waals surface area contributed by atoms with Gasteiger partial charge in [0.15, 0.2) is 8.87 Å². The molecule has 0 aliphatic heterocycles. The third-order valence-electron chi connectivity index (χ3n) is 1.65. The van der Waals surface area contributed by atoms with Gasteiger partial charge in [0.2, 0.25) is 0 Å². The van der Waals surface area contributed by atoms with Gasteiger partial charge in [0.1, 0.15) is 0 Å². The zero-order valence-electron chi connectivity index (χ0n) is 7.80. The van der Waals surface area contributed by atoms with E-state index in [4.69, 9.17) is 5.11 Å². The largest absolute Gasteiger partial charge is 0.392 e. The Morgan fingerprint density at radius 3 is 2.14 bits per heavy atom. The zero-order valence-corrected chi connectivity index (χ0v) is 9.44. The Kier molecular flexibility index (Phi) is 3.97. The molecule has 0 amide bonds. The van der Waals surface area contributed by atoms with Crippen LogP contribution in [0.4, 0.5) is 0 Å². The standard InChI is InChI=1S/C9H12O3S2/c1-14(11,12)13-7-9-4-2-8(6-10)3-5-9/h2-5,10H,6-7H2,1H3. The van der Waals surface area contributed by atoms with Crippen LogP contribution in [0.3, 0.4) is 0 Å². The normalized spacial score (nSPS) is 11.6. The molecule has 0 aliphatic rings. The second kappa shape index (κ2) is 4.82. The van der Waals surface area contributed by atoms with Crippen molar-refractivity contribution in [2.75, 3.05) is 6.26 Å². The van der Waals surface area contributed by atoms with Crippen LogP contribution in [0.5, 0.6) is 0 Å². The molecule has 0 spiro atoms. The number of aliphatic hydroxyl groups is 1. The van der Waals surface area contributed by atoms with Gasteiger partial charge in [0.25, 0.3) is 0 Å². The van der Waals surface area contributed by atoms with Crippen LogP contribution >= 0.6 is 10.8 Å². The van der Waals surface area contributed by atoms with Crippen LogP contribution in [0.25, 0.3) is 0 Å². The van der Waals surface area contributed by atoms with Crippen molar-refractivity contribution in [1.29, 1.82) is 0 Å². The summed E-state index contributed by atoms with van der Waals surface area (Å²) < 4.78 is 21.7. The van der Waals surface area contributed by atoms with E-state index in [9.17, 15) is 8.42 Å². The first-order chi connectivity index (χ1) is 6.51. The highest BCUT2D eigenvalue weighted by molar-refractivity contribution is 8.71. The summed E-state index contributed by atoms with van der Waals surface area (Å²) in [7, 11) is -2.06. The van der Waals surface area contributed by atoms with E-state index in [1.165, 1.54) is 6.26 Å². The lowest BCUT2D eigenvalue weighted by Gasteiger charge is -2.00. The molecular weight excluding hydrogens is 220 g/mol. The van der Waals surface area contributed by atoms with Crippen molar-refractivity contribution in [3.8, 4) is 0 Å². The Bertz CT molecular complexity index is 381. The molecule has 3 nitrogen and oxygen atoms in total. The summed E-state index contributed by atoms with van der Waals surface area (Å²) in [4.78, 5) is 0. The van der Waals surface area contributed by atoms with Crippen molar-refractivity contribution in [3.05, 3.63) is 35.4 Å². The van der Waals surface area contributed by atoms with Gasteiger partial charge in [-0.15, -0.1) is 0 Å². The van der Waals surface area contributed by atoms with Crippen molar-refractivity contribution in [3.63, 3.8) is 0 Å². The molecule has 1 N–H and O–H groups in total. The van der Waals surface area contributed by atoms with E-state index >= 15 is 0 Å². The van der Waals surface area contributed by atoms with Gasteiger partial charge in [0.05, 0.1) is 6.61 Å². The lowest BCUT2D eigenvalue weighted by Crippen LogP contribution is -1.90. The monoisotopic (exact) mass is 232 g/mol. The van der Waals surface area contributed by atoms with E-state index in [2.05, 4.69) is 0 Å². The highest BCUT2D eigenvalue weighted by atomic mass is 33.1. The topological polar surface area (TPSA) is 54.4 Å². The zero-order chi connectivity index (χ0) is 10.6. The Labute approximate surface area is 87.5 Å². The molecule has 0 atom stereocenters. The summed E-state index contributed by atoms with van der Waals surface area (Å²) >= 11 is 0. The molecular formula is C9H12O3S2. The maximum Gasteiger partial charge on any atom is 0.199 e. The third-order valence-corrected chi connectivity index (χ3v) is 4.16. The van der Waals surface area contributed by atoms with Gasteiger partial charge in [-0.1, -0.05) is 24.3 Å². The van der Waals surface area contributed by atoms with Gasteiger partial charge in [0, 0.05) is 12.0 Å². The van der Waals surface area contributed by atoms with Gasteiger partial charge < -0.3 is 5.11 Å². The summed E-state index contributed by atoms with van der Waals surface area (Å²) in [6, 6.07) is 7.23. The Morgan fingerprint density at radius 1 is 1.21 bits per heavy atom. The number of aliphatic hydroxyl groups excluding tert-OH is 1. The minimum Gasteiger partial charge on any atom is -0.392 e. The van der Waals surface area contributed by atoms with E-state index in [0.717, 1.165) is 21.9 Å². The Balaban J connectivity index is 2.61. The minimum atomic E-state index is -2.97. The van der Waals surface area contributed by atoms with E-state index in [1.807, 2.05) is 12.1 Å². The number of rotatable bonds is 4. The van der Waals surface area contributed by atoms with E-state index in [1.54, 1.807) is 12.1 Å². The van der Waals surface area contributed by atoms with Crippen LogP contribution in [0.1, 0.15) is 11.1 Å². The summed E-state index contributed by atoms with van der Waals surface area (Å²) in [5.74, 6) is 0.449. The van der Waals surface area contributed by atoms with Crippen LogP contribution in [0.15, 0.2) is 24.3 Å². The molecule has 0 saturated carbocycles. The van der Waals surface area contributed by atoms with Gasteiger partial charge >= 0.3 is 0 Å². The minimum absolute atomic E-state index is 0.0134. The van der Waals surface area contributed by atoms with Gasteiger partial charge in [-0.3, -0.25) is 0 Å². The molecule has 5 heteroatoms. The van der Waals surface area contributed by atoms with Crippen LogP contribution in [0, 0.1) is 0 Å². The fraction of sp³-hybridized carbons (Fsp3) is 0.333. The second-order valence-corrected chi connectivity index (χ2v) is 7.40. The fourth-order valence-corrected chi connectivity index (χ4v) is 2.51. The van der Waals surface area contributed by atoms with E-state index in [0.29, 0.717) is 5.75 Å². The first kappa shape index (κ1) is 11.6. The van der Waals surface area contributed by atoms with Crippen molar-refractivity contribution < 1.29 is 13.5 Å². The van der Waals surface area contributed by atoms with Crippen molar-refractivity contribution in [1.82, 2.24) is 0 Å². The number of hydrogen-bond acceptors (Lipinski definition) is 4. The second-order valence-electron chi connectivity index (χ2n) is 2.94. The molecule has 0 fully saturated rings. The number of benzene rings is 1. The van der Waals surface area contributed by atoms with Crippen LogP contribution in [-0.2, 0) is 21.2 Å². The van der Waals surface area contributed by atoms with Crippen molar-refractivity contribution in [2.45, 2.75) is 12.4 Å². The Morgan fingerprint density at radius 2 is 1.71 bits per heavy atom. The summed E-state index contributed by atoms with van der Waals surface area (Å²) in [6.45, 7) is 0.0134. The quantitative estimate of drug-likeness (QED) is 0.797. The molecule has 0 heterocycles.